The highest BCUT2D eigenvalue weighted by atomic mass is 35.5. The third kappa shape index (κ3) is 9.18. The molecule has 4 aromatic carbocycles. The lowest BCUT2D eigenvalue weighted by molar-refractivity contribution is 0.271. The van der Waals surface area contributed by atoms with E-state index in [0.29, 0.717) is 5.92 Å². The van der Waals surface area contributed by atoms with E-state index in [1.54, 1.807) is 0 Å². The third-order valence-electron chi connectivity index (χ3n) is 6.07. The first-order valence-corrected chi connectivity index (χ1v) is 13.2. The number of benzene rings is 4. The Morgan fingerprint density at radius 2 is 0.971 bits per heavy atom. The Bertz CT molecular complexity index is 1010. The molecular formula is C32H35Cl2N. The molecule has 0 amide bonds. The van der Waals surface area contributed by atoms with Gasteiger partial charge in [-0.25, -0.2) is 0 Å². The van der Waals surface area contributed by atoms with E-state index in [2.05, 4.69) is 104 Å². The minimum atomic E-state index is 0.549. The van der Waals surface area contributed by atoms with Gasteiger partial charge in [-0.1, -0.05) is 128 Å². The van der Waals surface area contributed by atoms with Crippen molar-refractivity contribution in [2.75, 3.05) is 6.54 Å². The average Bonchev–Trinajstić information content (AvgIpc) is 2.91. The first-order valence-electron chi connectivity index (χ1n) is 12.4. The van der Waals surface area contributed by atoms with E-state index in [1.807, 2.05) is 24.3 Å². The molecule has 0 bridgehead atoms. The molecule has 0 aliphatic heterocycles. The molecule has 0 radical (unpaired) electrons. The van der Waals surface area contributed by atoms with Crippen LogP contribution in [0.1, 0.15) is 54.9 Å². The molecule has 182 valence electrons. The van der Waals surface area contributed by atoms with Crippen LogP contribution in [0.4, 0.5) is 0 Å². The van der Waals surface area contributed by atoms with E-state index < -0.39 is 0 Å². The highest BCUT2D eigenvalue weighted by Crippen LogP contribution is 2.28. The molecule has 0 atom stereocenters. The Morgan fingerprint density at radius 3 is 1.31 bits per heavy atom. The maximum Gasteiger partial charge on any atom is 0.0406 e. The molecule has 0 heterocycles. The van der Waals surface area contributed by atoms with E-state index in [-0.39, 0.29) is 0 Å². The summed E-state index contributed by atoms with van der Waals surface area (Å²) in [7, 11) is 0. The maximum absolute atomic E-state index is 5.90. The van der Waals surface area contributed by atoms with Crippen LogP contribution < -0.4 is 0 Å². The molecule has 1 nitrogen and oxygen atoms in total. The lowest BCUT2D eigenvalue weighted by Crippen LogP contribution is -2.22. The number of hydrogen-bond acceptors (Lipinski definition) is 1. The Kier molecular flexibility index (Phi) is 11.4. The molecule has 0 N–H and O–H groups in total. The topological polar surface area (TPSA) is 3.24 Å². The Balaban J connectivity index is 0.000000198. The van der Waals surface area contributed by atoms with E-state index in [0.717, 1.165) is 29.7 Å². The van der Waals surface area contributed by atoms with Gasteiger partial charge < -0.3 is 0 Å². The monoisotopic (exact) mass is 503 g/mol. The van der Waals surface area contributed by atoms with Crippen LogP contribution in [0.5, 0.6) is 0 Å². The predicted octanol–water partition coefficient (Wildman–Crippen LogP) is 9.63. The molecule has 4 aromatic rings. The zero-order chi connectivity index (χ0) is 24.9. The van der Waals surface area contributed by atoms with Crippen LogP contribution in [-0.4, -0.2) is 11.4 Å². The predicted molar refractivity (Wildman–Crippen MR) is 152 cm³/mol. The van der Waals surface area contributed by atoms with Crippen molar-refractivity contribution in [3.05, 3.63) is 141 Å². The second-order valence-electron chi connectivity index (χ2n) is 8.72. The summed E-state index contributed by atoms with van der Waals surface area (Å²) >= 11 is 11.8. The minimum absolute atomic E-state index is 0.549. The Labute approximate surface area is 221 Å². The van der Waals surface area contributed by atoms with Crippen molar-refractivity contribution in [1.29, 1.82) is 0 Å². The van der Waals surface area contributed by atoms with Crippen LogP contribution in [0.2, 0.25) is 10.0 Å². The van der Waals surface area contributed by atoms with Crippen molar-refractivity contribution in [3.63, 3.8) is 0 Å². The van der Waals surface area contributed by atoms with E-state index >= 15 is 0 Å². The van der Waals surface area contributed by atoms with E-state index in [4.69, 9.17) is 23.2 Å². The van der Waals surface area contributed by atoms with Crippen molar-refractivity contribution in [2.45, 2.75) is 45.7 Å². The van der Waals surface area contributed by atoms with E-state index in [9.17, 15) is 0 Å². The second-order valence-corrected chi connectivity index (χ2v) is 9.59. The molecule has 0 fully saturated rings. The van der Waals surface area contributed by atoms with Gasteiger partial charge in [0.1, 0.15) is 0 Å². The summed E-state index contributed by atoms with van der Waals surface area (Å²) in [4.78, 5) is 2.38. The van der Waals surface area contributed by atoms with Crippen molar-refractivity contribution in [3.8, 4) is 0 Å². The fraction of sp³-hybridized carbons (Fsp3) is 0.250. The van der Waals surface area contributed by atoms with Gasteiger partial charge in [0, 0.05) is 29.1 Å². The zero-order valence-electron chi connectivity index (χ0n) is 20.7. The molecule has 4 rings (SSSR count). The fourth-order valence-electron chi connectivity index (χ4n) is 4.16. The second kappa shape index (κ2) is 14.7. The van der Waals surface area contributed by atoms with Gasteiger partial charge in [0.15, 0.2) is 0 Å². The summed E-state index contributed by atoms with van der Waals surface area (Å²) in [5, 5.41) is 1.56. The van der Waals surface area contributed by atoms with Gasteiger partial charge in [-0.05, 0) is 59.5 Å². The quantitative estimate of drug-likeness (QED) is 0.219. The van der Waals surface area contributed by atoms with Gasteiger partial charge in [0.05, 0.1) is 0 Å². The minimum Gasteiger partial charge on any atom is -0.295 e. The molecule has 0 aromatic heterocycles. The van der Waals surface area contributed by atoms with Crippen molar-refractivity contribution >= 4 is 23.2 Å². The van der Waals surface area contributed by atoms with Gasteiger partial charge in [0.2, 0.25) is 0 Å². The summed E-state index contributed by atoms with van der Waals surface area (Å²) in [5.74, 6) is 0.549. The smallest absolute Gasteiger partial charge is 0.0406 e. The van der Waals surface area contributed by atoms with Crippen LogP contribution >= 0.6 is 23.2 Å². The molecule has 3 heteroatoms. The Morgan fingerprint density at radius 1 is 0.571 bits per heavy atom. The molecule has 0 saturated carbocycles. The van der Waals surface area contributed by atoms with Crippen LogP contribution in [0.25, 0.3) is 0 Å². The third-order valence-corrected chi connectivity index (χ3v) is 6.57. The number of halogens is 2. The van der Waals surface area contributed by atoms with Gasteiger partial charge in [-0.3, -0.25) is 4.90 Å². The van der Waals surface area contributed by atoms with Crippen LogP contribution in [0, 0.1) is 0 Å². The van der Waals surface area contributed by atoms with Gasteiger partial charge >= 0.3 is 0 Å². The summed E-state index contributed by atoms with van der Waals surface area (Å²) in [6.45, 7) is 7.28. The first kappa shape index (κ1) is 27.0. The van der Waals surface area contributed by atoms with Crippen LogP contribution in [0.3, 0.4) is 0 Å². The van der Waals surface area contributed by atoms with Crippen molar-refractivity contribution in [1.82, 2.24) is 4.90 Å². The Hall–Kier alpha value is -2.58. The fourth-order valence-corrected chi connectivity index (χ4v) is 4.41. The summed E-state index contributed by atoms with van der Waals surface area (Å²) in [6, 6.07) is 37.6. The van der Waals surface area contributed by atoms with Crippen molar-refractivity contribution in [2.24, 2.45) is 0 Å². The number of nitrogens with zero attached hydrogens (tertiary/aromatic N) is 1. The zero-order valence-corrected chi connectivity index (χ0v) is 22.2. The number of rotatable bonds is 9. The molecule has 35 heavy (non-hydrogen) atoms. The first-order chi connectivity index (χ1) is 17.1. The number of hydrogen-bond donors (Lipinski definition) is 0. The van der Waals surface area contributed by atoms with Crippen molar-refractivity contribution < 1.29 is 0 Å². The van der Waals surface area contributed by atoms with Gasteiger partial charge in [-0.15, -0.1) is 0 Å². The molecule has 0 unspecified atom stereocenters. The molecule has 0 aliphatic carbocycles. The van der Waals surface area contributed by atoms with Gasteiger partial charge in [0.25, 0.3) is 0 Å². The maximum atomic E-state index is 5.90. The summed E-state index contributed by atoms with van der Waals surface area (Å²) < 4.78 is 0. The largest absolute Gasteiger partial charge is 0.295 e. The lowest BCUT2D eigenvalue weighted by Gasteiger charge is -2.20. The van der Waals surface area contributed by atoms with Crippen LogP contribution in [-0.2, 0) is 13.1 Å². The SMILES string of the molecule is CCCC(c1ccccc1)c1ccccc1.CCN(Cc1ccc(Cl)cc1)Cc1ccc(Cl)cc1. The average molecular weight is 505 g/mol. The van der Waals surface area contributed by atoms with Gasteiger partial charge in [-0.2, -0.15) is 0 Å². The highest BCUT2D eigenvalue weighted by Gasteiger charge is 2.11. The standard InChI is InChI=1S/C16H17Cl2N.C16H18/c1-2-19(11-13-3-7-15(17)8-4-13)12-14-5-9-16(18)10-6-14;1-2-9-16(14-10-5-3-6-11-14)15-12-7-4-8-13-15/h3-10H,2,11-12H2,1H3;3-8,10-13,16H,2,9H2,1H3. The lowest BCUT2D eigenvalue weighted by atomic mass is 9.88. The normalized spacial score (nSPS) is 10.8. The summed E-state index contributed by atoms with van der Waals surface area (Å²) in [6.07, 6.45) is 2.43. The summed E-state index contributed by atoms with van der Waals surface area (Å²) in [5.41, 5.74) is 5.41. The molecule has 0 spiro atoms. The molecular weight excluding hydrogens is 469 g/mol. The van der Waals surface area contributed by atoms with Crippen LogP contribution in [0.15, 0.2) is 109 Å². The highest BCUT2D eigenvalue weighted by molar-refractivity contribution is 6.30. The van der Waals surface area contributed by atoms with E-state index in [1.165, 1.54) is 35.1 Å². The molecule has 0 aliphatic rings. The molecule has 0 saturated heterocycles.